The van der Waals surface area contributed by atoms with Crippen molar-refractivity contribution in [3.05, 3.63) is 40.4 Å². The number of sulfone groups is 1. The Morgan fingerprint density at radius 3 is 2.54 bits per heavy atom. The fourth-order valence-corrected chi connectivity index (χ4v) is 3.70. The van der Waals surface area contributed by atoms with Crippen LogP contribution in [0.25, 0.3) is 6.08 Å². The fraction of sp³-hybridized carbons (Fsp3) is 0.500. The number of hydrogen-bond acceptors (Lipinski definition) is 4. The van der Waals surface area contributed by atoms with E-state index in [1.165, 1.54) is 24.5 Å². The smallest absolute Gasteiger partial charge is 0.350 e. The first-order valence-corrected chi connectivity index (χ1v) is 11.1. The number of alkyl halides is 3. The molecule has 1 aromatic rings. The van der Waals surface area contributed by atoms with Crippen LogP contribution in [0.2, 0.25) is 5.02 Å². The largest absolute Gasteiger partial charge is 0.417 e. The molecule has 1 amide bonds. The van der Waals surface area contributed by atoms with Crippen molar-refractivity contribution in [3.8, 4) is 0 Å². The summed E-state index contributed by atoms with van der Waals surface area (Å²) in [6.45, 7) is 1.82. The summed E-state index contributed by atoms with van der Waals surface area (Å²) in [6, 6.07) is 3.39. The minimum Gasteiger partial charge on any atom is -0.350 e. The number of hydrogen-bond donors (Lipinski definition) is 1. The first kappa shape index (κ1) is 22.7. The molecular weight excluding hydrogens is 417 g/mol. The second kappa shape index (κ2) is 9.28. The lowest BCUT2D eigenvalue weighted by molar-refractivity contribution is -0.137. The van der Waals surface area contributed by atoms with Gasteiger partial charge in [-0.3, -0.25) is 4.79 Å². The fourth-order valence-electron chi connectivity index (χ4n) is 2.88. The van der Waals surface area contributed by atoms with Gasteiger partial charge in [0.1, 0.15) is 9.84 Å². The number of halogens is 4. The molecule has 0 unspecified atom stereocenters. The number of amides is 1. The third-order valence-corrected chi connectivity index (χ3v) is 5.69. The van der Waals surface area contributed by atoms with E-state index in [4.69, 9.17) is 11.6 Å². The Morgan fingerprint density at radius 1 is 1.32 bits per heavy atom. The highest BCUT2D eigenvalue weighted by Gasteiger charge is 2.33. The molecule has 5 nitrogen and oxygen atoms in total. The molecule has 0 atom stereocenters. The second-order valence-electron chi connectivity index (χ2n) is 6.82. The van der Waals surface area contributed by atoms with Gasteiger partial charge < -0.3 is 10.2 Å². The predicted molar refractivity (Wildman–Crippen MR) is 103 cm³/mol. The number of piperidine rings is 1. The number of carbonyl (C=O) groups excluding carboxylic acids is 1. The number of carbonyl (C=O) groups is 1. The van der Waals surface area contributed by atoms with E-state index in [9.17, 15) is 26.4 Å². The van der Waals surface area contributed by atoms with E-state index < -0.39 is 32.5 Å². The molecule has 0 aliphatic carbocycles. The van der Waals surface area contributed by atoms with Crippen molar-refractivity contribution in [2.75, 3.05) is 31.6 Å². The molecule has 1 aliphatic rings. The Bertz CT molecular complexity index is 833. The van der Waals surface area contributed by atoms with E-state index in [1.807, 2.05) is 4.90 Å². The maximum Gasteiger partial charge on any atom is 0.417 e. The summed E-state index contributed by atoms with van der Waals surface area (Å²) in [6.07, 6.45) is 0.505. The highest BCUT2D eigenvalue weighted by Crippen LogP contribution is 2.35. The summed E-state index contributed by atoms with van der Waals surface area (Å²) in [4.78, 5) is 14.1. The lowest BCUT2D eigenvalue weighted by atomic mass is 10.0. The maximum atomic E-state index is 12.9. The number of nitrogens with zero attached hydrogens (tertiary/aromatic N) is 1. The molecule has 10 heteroatoms. The van der Waals surface area contributed by atoms with Crippen LogP contribution in [0.4, 0.5) is 13.2 Å². The van der Waals surface area contributed by atoms with Gasteiger partial charge in [0.15, 0.2) is 0 Å². The van der Waals surface area contributed by atoms with E-state index in [-0.39, 0.29) is 17.4 Å². The molecule has 1 aromatic carbocycles. The summed E-state index contributed by atoms with van der Waals surface area (Å²) in [7, 11) is -3.00. The van der Waals surface area contributed by atoms with Crippen molar-refractivity contribution in [2.45, 2.75) is 25.1 Å². The summed E-state index contributed by atoms with van der Waals surface area (Å²) < 4.78 is 61.0. The number of likely N-dealkylation sites (tertiary alicyclic amines) is 1. The van der Waals surface area contributed by atoms with Crippen LogP contribution in [-0.2, 0) is 20.8 Å². The van der Waals surface area contributed by atoms with Gasteiger partial charge in [0, 0.05) is 38.0 Å². The van der Waals surface area contributed by atoms with Crippen molar-refractivity contribution in [2.24, 2.45) is 0 Å². The van der Waals surface area contributed by atoms with Gasteiger partial charge >= 0.3 is 6.18 Å². The average molecular weight is 439 g/mol. The molecule has 1 aliphatic heterocycles. The van der Waals surface area contributed by atoms with Crippen molar-refractivity contribution in [1.29, 1.82) is 0 Å². The Kier molecular flexibility index (Phi) is 7.52. The molecule has 1 saturated heterocycles. The van der Waals surface area contributed by atoms with Gasteiger partial charge in [-0.1, -0.05) is 17.7 Å². The molecule has 28 heavy (non-hydrogen) atoms. The molecule has 0 saturated carbocycles. The van der Waals surface area contributed by atoms with Crippen LogP contribution < -0.4 is 5.32 Å². The third kappa shape index (κ3) is 7.44. The minimum atomic E-state index is -4.56. The normalized spacial score (nSPS) is 17.2. The van der Waals surface area contributed by atoms with Crippen LogP contribution in [0.15, 0.2) is 24.3 Å². The zero-order valence-electron chi connectivity index (χ0n) is 15.3. The molecular formula is C18H22ClF3N2O3S. The molecule has 1 heterocycles. The zero-order chi connectivity index (χ0) is 20.9. The van der Waals surface area contributed by atoms with Crippen molar-refractivity contribution in [1.82, 2.24) is 10.2 Å². The second-order valence-corrected chi connectivity index (χ2v) is 9.49. The lowest BCUT2D eigenvalue weighted by Gasteiger charge is -2.31. The van der Waals surface area contributed by atoms with Crippen LogP contribution >= 0.6 is 11.6 Å². The lowest BCUT2D eigenvalue weighted by Crippen LogP contribution is -2.45. The van der Waals surface area contributed by atoms with E-state index in [1.54, 1.807) is 0 Å². The van der Waals surface area contributed by atoms with E-state index in [2.05, 4.69) is 5.32 Å². The van der Waals surface area contributed by atoms with Gasteiger partial charge in [0.05, 0.1) is 16.3 Å². The van der Waals surface area contributed by atoms with Gasteiger partial charge in [-0.25, -0.2) is 8.42 Å². The Labute approximate surface area is 167 Å². The summed E-state index contributed by atoms with van der Waals surface area (Å²) in [5.74, 6) is -0.286. The first-order chi connectivity index (χ1) is 12.9. The monoisotopic (exact) mass is 438 g/mol. The van der Waals surface area contributed by atoms with Gasteiger partial charge in [-0.05, 0) is 36.6 Å². The van der Waals surface area contributed by atoms with Gasteiger partial charge in [0.2, 0.25) is 5.91 Å². The van der Waals surface area contributed by atoms with Crippen molar-refractivity contribution < 1.29 is 26.4 Å². The van der Waals surface area contributed by atoms with E-state index in [0.29, 0.717) is 32.5 Å². The van der Waals surface area contributed by atoms with Crippen LogP contribution in [0.1, 0.15) is 24.0 Å². The summed E-state index contributed by atoms with van der Waals surface area (Å²) in [5, 5.41) is 2.43. The molecule has 1 fully saturated rings. The molecule has 1 N–H and O–H groups in total. The third-order valence-electron chi connectivity index (χ3n) is 4.44. The Balaban J connectivity index is 1.85. The molecule has 156 valence electrons. The van der Waals surface area contributed by atoms with Crippen LogP contribution in [0.5, 0.6) is 0 Å². The van der Waals surface area contributed by atoms with E-state index in [0.717, 1.165) is 12.1 Å². The first-order valence-electron chi connectivity index (χ1n) is 8.69. The quantitative estimate of drug-likeness (QED) is 0.693. The summed E-state index contributed by atoms with van der Waals surface area (Å²) >= 11 is 5.57. The topological polar surface area (TPSA) is 66.5 Å². The van der Waals surface area contributed by atoms with Crippen molar-refractivity contribution >= 4 is 33.4 Å². The van der Waals surface area contributed by atoms with Crippen LogP contribution in [0, 0.1) is 0 Å². The SMILES string of the molecule is CS(=O)(=O)CCN1CCC(NC(=O)/C=C/c2ccc(Cl)c(C(F)(F)F)c2)CC1. The predicted octanol–water partition coefficient (Wildman–Crippen LogP) is 3.00. The highest BCUT2D eigenvalue weighted by molar-refractivity contribution is 7.90. The number of rotatable bonds is 6. The van der Waals surface area contributed by atoms with E-state index >= 15 is 0 Å². The number of nitrogens with one attached hydrogen (secondary N) is 1. The van der Waals surface area contributed by atoms with Crippen LogP contribution in [-0.4, -0.2) is 56.9 Å². The molecule has 2 rings (SSSR count). The van der Waals surface area contributed by atoms with Gasteiger partial charge in [-0.2, -0.15) is 13.2 Å². The summed E-state index contributed by atoms with van der Waals surface area (Å²) in [5.41, 5.74) is -0.722. The molecule has 0 radical (unpaired) electrons. The van der Waals surface area contributed by atoms with Crippen molar-refractivity contribution in [3.63, 3.8) is 0 Å². The highest BCUT2D eigenvalue weighted by atomic mass is 35.5. The average Bonchev–Trinajstić information content (AvgIpc) is 2.59. The molecule has 0 bridgehead atoms. The Morgan fingerprint density at radius 2 is 1.96 bits per heavy atom. The number of benzene rings is 1. The van der Waals surface area contributed by atoms with Gasteiger partial charge in [0.25, 0.3) is 0 Å². The zero-order valence-corrected chi connectivity index (χ0v) is 16.9. The molecule has 0 aromatic heterocycles. The standard InChI is InChI=1S/C18H22ClF3N2O3S/c1-28(26,27)11-10-24-8-6-14(7-9-24)23-17(25)5-3-13-2-4-16(19)15(12-13)18(20,21)22/h2-5,12,14H,6-11H2,1H3,(H,23,25)/b5-3+. The molecule has 0 spiro atoms. The minimum absolute atomic E-state index is 0.0532. The van der Waals surface area contributed by atoms with Gasteiger partial charge in [-0.15, -0.1) is 0 Å². The Hall–Kier alpha value is -1.58. The van der Waals surface area contributed by atoms with Crippen LogP contribution in [0.3, 0.4) is 0 Å². The maximum absolute atomic E-state index is 12.9.